The van der Waals surface area contributed by atoms with Gasteiger partial charge in [-0.3, -0.25) is 0 Å². The summed E-state index contributed by atoms with van der Waals surface area (Å²) < 4.78 is 0. The average molecular weight is 267 g/mol. The van der Waals surface area contributed by atoms with E-state index in [2.05, 4.69) is 22.4 Å². The van der Waals surface area contributed by atoms with Gasteiger partial charge in [0.1, 0.15) is 10.0 Å². The summed E-state index contributed by atoms with van der Waals surface area (Å²) in [6, 6.07) is 0. The molecule has 3 nitrogen and oxygen atoms in total. The SMILES string of the molecule is CCCNCCCc1nnc(C2CCCCC2)s1. The minimum Gasteiger partial charge on any atom is -0.317 e. The zero-order chi connectivity index (χ0) is 12.6. The first-order chi connectivity index (χ1) is 8.90. The Hall–Kier alpha value is -0.480. The Kier molecular flexibility index (Phi) is 6.08. The van der Waals surface area contributed by atoms with Crippen LogP contribution in [-0.4, -0.2) is 23.3 Å². The van der Waals surface area contributed by atoms with Crippen molar-refractivity contribution in [2.75, 3.05) is 13.1 Å². The third kappa shape index (κ3) is 4.32. The summed E-state index contributed by atoms with van der Waals surface area (Å²) in [6.45, 7) is 4.43. The summed E-state index contributed by atoms with van der Waals surface area (Å²) in [4.78, 5) is 0. The van der Waals surface area contributed by atoms with Gasteiger partial charge in [0, 0.05) is 12.3 Å². The molecular weight excluding hydrogens is 242 g/mol. The van der Waals surface area contributed by atoms with Crippen LogP contribution < -0.4 is 5.32 Å². The molecule has 0 bridgehead atoms. The van der Waals surface area contributed by atoms with E-state index in [0.717, 1.165) is 19.5 Å². The molecule has 1 aliphatic rings. The summed E-state index contributed by atoms with van der Waals surface area (Å²) >= 11 is 1.85. The number of hydrogen-bond donors (Lipinski definition) is 1. The Bertz CT molecular complexity index is 332. The molecule has 0 aromatic carbocycles. The summed E-state index contributed by atoms with van der Waals surface area (Å²) in [7, 11) is 0. The second kappa shape index (κ2) is 7.85. The van der Waals surface area contributed by atoms with Crippen molar-refractivity contribution in [1.82, 2.24) is 15.5 Å². The van der Waals surface area contributed by atoms with E-state index in [4.69, 9.17) is 0 Å². The Balaban J connectivity index is 1.72. The molecule has 1 aliphatic carbocycles. The molecule has 0 spiro atoms. The second-order valence-corrected chi connectivity index (χ2v) is 6.32. The molecule has 102 valence electrons. The Labute approximate surface area is 114 Å². The maximum absolute atomic E-state index is 4.40. The van der Waals surface area contributed by atoms with Crippen LogP contribution in [0.5, 0.6) is 0 Å². The number of nitrogens with one attached hydrogen (secondary N) is 1. The van der Waals surface area contributed by atoms with Crippen molar-refractivity contribution in [3.05, 3.63) is 10.0 Å². The first-order valence-electron chi connectivity index (χ1n) is 7.43. The van der Waals surface area contributed by atoms with Crippen molar-refractivity contribution in [3.8, 4) is 0 Å². The van der Waals surface area contributed by atoms with E-state index in [-0.39, 0.29) is 0 Å². The zero-order valence-electron chi connectivity index (χ0n) is 11.5. The highest BCUT2D eigenvalue weighted by Crippen LogP contribution is 2.34. The number of hydrogen-bond acceptors (Lipinski definition) is 4. The summed E-state index contributed by atoms with van der Waals surface area (Å²) in [5.41, 5.74) is 0. The molecule has 1 aromatic heterocycles. The first-order valence-corrected chi connectivity index (χ1v) is 8.24. The van der Waals surface area contributed by atoms with Crippen LogP contribution in [-0.2, 0) is 6.42 Å². The Morgan fingerprint density at radius 2 is 2.00 bits per heavy atom. The van der Waals surface area contributed by atoms with E-state index in [1.54, 1.807) is 0 Å². The van der Waals surface area contributed by atoms with E-state index in [1.807, 2.05) is 11.3 Å². The molecule has 1 aromatic rings. The molecule has 2 rings (SSSR count). The van der Waals surface area contributed by atoms with Crippen LogP contribution in [0.2, 0.25) is 0 Å². The highest BCUT2D eigenvalue weighted by Gasteiger charge is 2.19. The fourth-order valence-corrected chi connectivity index (χ4v) is 3.60. The molecule has 1 N–H and O–H groups in total. The van der Waals surface area contributed by atoms with Crippen LogP contribution >= 0.6 is 11.3 Å². The minimum absolute atomic E-state index is 0.711. The van der Waals surface area contributed by atoms with Crippen LogP contribution in [0, 0.1) is 0 Å². The molecule has 1 heterocycles. The van der Waals surface area contributed by atoms with E-state index >= 15 is 0 Å². The van der Waals surface area contributed by atoms with Gasteiger partial charge >= 0.3 is 0 Å². The fourth-order valence-electron chi connectivity index (χ4n) is 2.55. The van der Waals surface area contributed by atoms with Crippen LogP contribution in [0.1, 0.15) is 67.8 Å². The van der Waals surface area contributed by atoms with E-state index < -0.39 is 0 Å². The van der Waals surface area contributed by atoms with Gasteiger partial charge in [0.15, 0.2) is 0 Å². The molecule has 1 fully saturated rings. The van der Waals surface area contributed by atoms with E-state index in [9.17, 15) is 0 Å². The lowest BCUT2D eigenvalue weighted by atomic mass is 9.90. The molecule has 0 atom stereocenters. The fraction of sp³-hybridized carbons (Fsp3) is 0.857. The van der Waals surface area contributed by atoms with Crippen LogP contribution in [0.3, 0.4) is 0 Å². The van der Waals surface area contributed by atoms with Gasteiger partial charge in [0.25, 0.3) is 0 Å². The van der Waals surface area contributed by atoms with Crippen LogP contribution in [0.15, 0.2) is 0 Å². The number of nitrogens with zero attached hydrogens (tertiary/aromatic N) is 2. The van der Waals surface area contributed by atoms with Gasteiger partial charge in [-0.05, 0) is 38.8 Å². The maximum Gasteiger partial charge on any atom is 0.120 e. The monoisotopic (exact) mass is 267 g/mol. The Morgan fingerprint density at radius 3 is 2.78 bits per heavy atom. The summed E-state index contributed by atoms with van der Waals surface area (Å²) in [5, 5.41) is 14.7. The van der Waals surface area contributed by atoms with Crippen molar-refractivity contribution in [2.24, 2.45) is 0 Å². The third-order valence-corrected chi connectivity index (χ3v) is 4.75. The predicted molar refractivity (Wildman–Crippen MR) is 77.2 cm³/mol. The molecule has 0 saturated heterocycles. The average Bonchev–Trinajstić information content (AvgIpc) is 2.88. The smallest absolute Gasteiger partial charge is 0.120 e. The van der Waals surface area contributed by atoms with Gasteiger partial charge < -0.3 is 5.32 Å². The largest absolute Gasteiger partial charge is 0.317 e. The standard InChI is InChI=1S/C14H25N3S/c1-2-10-15-11-6-9-13-16-17-14(18-13)12-7-4-3-5-8-12/h12,15H,2-11H2,1H3. The molecule has 4 heteroatoms. The van der Waals surface area contributed by atoms with Gasteiger partial charge in [0.05, 0.1) is 0 Å². The lowest BCUT2D eigenvalue weighted by Crippen LogP contribution is -2.16. The second-order valence-electron chi connectivity index (χ2n) is 5.22. The molecule has 0 aliphatic heterocycles. The zero-order valence-corrected chi connectivity index (χ0v) is 12.3. The quantitative estimate of drug-likeness (QED) is 0.768. The summed E-state index contributed by atoms with van der Waals surface area (Å²) in [6.07, 6.45) is 10.3. The van der Waals surface area contributed by atoms with Gasteiger partial charge in [-0.2, -0.15) is 0 Å². The molecule has 0 amide bonds. The van der Waals surface area contributed by atoms with Crippen LogP contribution in [0.4, 0.5) is 0 Å². The molecular formula is C14H25N3S. The molecule has 1 saturated carbocycles. The lowest BCUT2D eigenvalue weighted by Gasteiger charge is -2.18. The number of rotatable bonds is 7. The van der Waals surface area contributed by atoms with E-state index in [0.29, 0.717) is 5.92 Å². The van der Waals surface area contributed by atoms with Gasteiger partial charge in [-0.15, -0.1) is 21.5 Å². The summed E-state index contributed by atoms with van der Waals surface area (Å²) in [5.74, 6) is 0.711. The molecule has 18 heavy (non-hydrogen) atoms. The van der Waals surface area contributed by atoms with Gasteiger partial charge in [0.2, 0.25) is 0 Å². The topological polar surface area (TPSA) is 37.8 Å². The Morgan fingerprint density at radius 1 is 1.17 bits per heavy atom. The first kappa shape index (κ1) is 13.9. The molecule has 0 unspecified atom stereocenters. The number of aromatic nitrogens is 2. The van der Waals surface area contributed by atoms with Crippen molar-refractivity contribution in [1.29, 1.82) is 0 Å². The van der Waals surface area contributed by atoms with Gasteiger partial charge in [-0.1, -0.05) is 26.2 Å². The molecule has 0 radical (unpaired) electrons. The lowest BCUT2D eigenvalue weighted by molar-refractivity contribution is 0.440. The van der Waals surface area contributed by atoms with E-state index in [1.165, 1.54) is 55.0 Å². The van der Waals surface area contributed by atoms with Gasteiger partial charge in [-0.25, -0.2) is 0 Å². The normalized spacial score (nSPS) is 17.2. The third-order valence-electron chi connectivity index (χ3n) is 3.61. The van der Waals surface area contributed by atoms with Crippen molar-refractivity contribution in [2.45, 2.75) is 64.2 Å². The highest BCUT2D eigenvalue weighted by molar-refractivity contribution is 7.11. The van der Waals surface area contributed by atoms with Crippen LogP contribution in [0.25, 0.3) is 0 Å². The highest BCUT2D eigenvalue weighted by atomic mass is 32.1. The van der Waals surface area contributed by atoms with Crippen molar-refractivity contribution >= 4 is 11.3 Å². The maximum atomic E-state index is 4.40. The predicted octanol–water partition coefficient (Wildman–Crippen LogP) is 3.52. The van der Waals surface area contributed by atoms with Crippen molar-refractivity contribution < 1.29 is 0 Å². The minimum atomic E-state index is 0.711. The number of aryl methyl sites for hydroxylation is 1. The van der Waals surface area contributed by atoms with Crippen molar-refractivity contribution in [3.63, 3.8) is 0 Å².